The number of aliphatic imine (C=N–C) groups is 1. The number of hydrogen-bond acceptors (Lipinski definition) is 5. The minimum Gasteiger partial charge on any atom is -0.381 e. The number of amides is 1. The van der Waals surface area contributed by atoms with Crippen LogP contribution in [0.5, 0.6) is 0 Å². The second-order valence-corrected chi connectivity index (χ2v) is 8.24. The minimum absolute atomic E-state index is 0.0162. The first-order chi connectivity index (χ1) is 13.5. The van der Waals surface area contributed by atoms with Gasteiger partial charge in [-0.1, -0.05) is 23.7 Å². The third-order valence-corrected chi connectivity index (χ3v) is 6.55. The second kappa shape index (κ2) is 6.29. The van der Waals surface area contributed by atoms with E-state index in [1.165, 1.54) is 4.90 Å². The molecular weight excluding hydrogens is 376 g/mol. The van der Waals surface area contributed by atoms with Gasteiger partial charge in [-0.05, 0) is 47.6 Å². The predicted octanol–water partition coefficient (Wildman–Crippen LogP) is 2.59. The Morgan fingerprint density at radius 3 is 2.89 bits per heavy atom. The number of fused-ring (bicyclic) bond motifs is 4. The van der Waals surface area contributed by atoms with Gasteiger partial charge in [-0.2, -0.15) is 0 Å². The first-order valence-corrected chi connectivity index (χ1v) is 9.84. The van der Waals surface area contributed by atoms with Crippen molar-refractivity contribution in [2.75, 3.05) is 20.3 Å². The molecule has 0 radical (unpaired) electrons. The minimum atomic E-state index is -1.01. The summed E-state index contributed by atoms with van der Waals surface area (Å²) in [5, 5.41) is 0.574. The average molecular weight is 397 g/mol. The normalized spacial score (nSPS) is 28.9. The van der Waals surface area contributed by atoms with Crippen molar-refractivity contribution in [3.05, 3.63) is 52.8 Å². The van der Waals surface area contributed by atoms with Crippen LogP contribution in [-0.2, 0) is 21.5 Å². The van der Waals surface area contributed by atoms with Gasteiger partial charge >= 0.3 is 0 Å². The van der Waals surface area contributed by atoms with Crippen LogP contribution >= 0.6 is 11.6 Å². The van der Waals surface area contributed by atoms with Crippen molar-refractivity contribution in [3.63, 3.8) is 0 Å². The second-order valence-electron chi connectivity index (χ2n) is 7.80. The summed E-state index contributed by atoms with van der Waals surface area (Å²) in [5.41, 5.74) is 9.04. The van der Waals surface area contributed by atoms with Crippen molar-refractivity contribution in [2.24, 2.45) is 22.6 Å². The number of ether oxygens (including phenoxy) is 1. The Morgan fingerprint density at radius 1 is 1.29 bits per heavy atom. The van der Waals surface area contributed by atoms with Crippen molar-refractivity contribution in [2.45, 2.75) is 18.4 Å². The first kappa shape index (κ1) is 17.6. The fourth-order valence-corrected chi connectivity index (χ4v) is 5.08. The molecule has 1 spiro atoms. The number of nitrogens with two attached hydrogens (primary N) is 1. The molecule has 7 heteroatoms. The van der Waals surface area contributed by atoms with E-state index in [9.17, 15) is 4.79 Å². The van der Waals surface area contributed by atoms with Crippen LogP contribution in [0.15, 0.2) is 41.7 Å². The van der Waals surface area contributed by atoms with Gasteiger partial charge in [0.1, 0.15) is 0 Å². The lowest BCUT2D eigenvalue weighted by molar-refractivity contribution is -0.137. The molecule has 28 heavy (non-hydrogen) atoms. The fraction of sp³-hybridized carbons (Fsp3) is 0.381. The van der Waals surface area contributed by atoms with Gasteiger partial charge in [0.05, 0.1) is 11.6 Å². The molecule has 144 valence electrons. The van der Waals surface area contributed by atoms with E-state index in [1.54, 1.807) is 19.4 Å². The van der Waals surface area contributed by atoms with Crippen LogP contribution in [0.4, 0.5) is 0 Å². The van der Waals surface area contributed by atoms with Crippen LogP contribution in [0.2, 0.25) is 5.02 Å². The summed E-state index contributed by atoms with van der Waals surface area (Å²) in [6, 6.07) is 8.10. The maximum atomic E-state index is 13.5. The van der Waals surface area contributed by atoms with Gasteiger partial charge in [0.25, 0.3) is 5.91 Å². The molecule has 1 aliphatic carbocycles. The highest BCUT2D eigenvalue weighted by Crippen LogP contribution is 2.51. The topological polar surface area (TPSA) is 80.8 Å². The van der Waals surface area contributed by atoms with E-state index in [4.69, 9.17) is 27.1 Å². The number of aromatic nitrogens is 1. The summed E-state index contributed by atoms with van der Waals surface area (Å²) in [7, 11) is 1.69. The number of carbonyl (C=O) groups is 1. The smallest absolute Gasteiger partial charge is 0.262 e. The van der Waals surface area contributed by atoms with Crippen molar-refractivity contribution in [1.29, 1.82) is 0 Å². The summed E-state index contributed by atoms with van der Waals surface area (Å²) in [6.07, 6.45) is 5.23. The Morgan fingerprint density at radius 2 is 2.14 bits per heavy atom. The summed E-state index contributed by atoms with van der Waals surface area (Å²) < 4.78 is 5.78. The molecule has 0 saturated carbocycles. The molecule has 2 aliphatic heterocycles. The highest BCUT2D eigenvalue weighted by molar-refractivity contribution is 6.30. The predicted molar refractivity (Wildman–Crippen MR) is 107 cm³/mol. The number of guanidine groups is 1. The van der Waals surface area contributed by atoms with E-state index in [0.717, 1.165) is 41.7 Å². The summed E-state index contributed by atoms with van der Waals surface area (Å²) >= 11 is 6.13. The number of likely N-dealkylation sites (N-methyl/N-ethyl adjacent to an activating group) is 1. The van der Waals surface area contributed by atoms with Crippen molar-refractivity contribution in [1.82, 2.24) is 9.88 Å². The quantitative estimate of drug-likeness (QED) is 0.803. The SMILES string of the molecule is CN1C(=O)C2(N=C1N)c1cc(-c3cncc(Cl)c3)ccc1CC1CCOCC12. The van der Waals surface area contributed by atoms with Gasteiger partial charge < -0.3 is 10.5 Å². The van der Waals surface area contributed by atoms with Crippen LogP contribution in [-0.4, -0.2) is 42.0 Å². The lowest BCUT2D eigenvalue weighted by atomic mass is 9.62. The van der Waals surface area contributed by atoms with Crippen LogP contribution in [0.1, 0.15) is 17.5 Å². The molecule has 5 rings (SSSR count). The molecule has 2 aromatic rings. The van der Waals surface area contributed by atoms with E-state index in [-0.39, 0.29) is 17.8 Å². The van der Waals surface area contributed by atoms with Gasteiger partial charge in [0, 0.05) is 37.5 Å². The molecular formula is C21H21ClN4O2. The largest absolute Gasteiger partial charge is 0.381 e. The summed E-state index contributed by atoms with van der Waals surface area (Å²) in [4.78, 5) is 23.9. The zero-order valence-electron chi connectivity index (χ0n) is 15.6. The van der Waals surface area contributed by atoms with Gasteiger partial charge in [-0.3, -0.25) is 14.7 Å². The molecule has 2 N–H and O–H groups in total. The molecule has 3 aliphatic rings. The van der Waals surface area contributed by atoms with Gasteiger partial charge in [-0.25, -0.2) is 4.99 Å². The van der Waals surface area contributed by atoms with E-state index in [2.05, 4.69) is 23.2 Å². The highest BCUT2D eigenvalue weighted by Gasteiger charge is 2.59. The van der Waals surface area contributed by atoms with Crippen molar-refractivity contribution < 1.29 is 9.53 Å². The maximum absolute atomic E-state index is 13.5. The lowest BCUT2D eigenvalue weighted by Gasteiger charge is -2.46. The van der Waals surface area contributed by atoms with E-state index < -0.39 is 5.54 Å². The van der Waals surface area contributed by atoms with Crippen molar-refractivity contribution >= 4 is 23.5 Å². The third-order valence-electron chi connectivity index (χ3n) is 6.34. The van der Waals surface area contributed by atoms with E-state index in [1.807, 2.05) is 6.07 Å². The zero-order valence-corrected chi connectivity index (χ0v) is 16.3. The molecule has 3 atom stereocenters. The molecule has 0 bridgehead atoms. The molecule has 1 amide bonds. The Kier molecular flexibility index (Phi) is 3.96. The molecule has 1 aromatic heterocycles. The van der Waals surface area contributed by atoms with Crippen LogP contribution in [0.3, 0.4) is 0 Å². The number of halogens is 1. The fourth-order valence-electron chi connectivity index (χ4n) is 4.91. The summed E-state index contributed by atoms with van der Waals surface area (Å²) in [5.74, 6) is 0.522. The standard InChI is InChI=1S/C21H21ClN4O2/c1-26-19(27)21(25-20(26)23)17-8-12(15-7-16(22)10-24-9-15)2-3-13(17)6-14-4-5-28-11-18(14)21/h2-3,7-10,14,18H,4-6,11H2,1H3,(H2,23,25). The third kappa shape index (κ3) is 2.41. The summed E-state index contributed by atoms with van der Waals surface area (Å²) in [6.45, 7) is 1.24. The monoisotopic (exact) mass is 396 g/mol. The Labute approximate surface area is 168 Å². The van der Waals surface area contributed by atoms with Crippen molar-refractivity contribution in [3.8, 4) is 11.1 Å². The number of pyridine rings is 1. The van der Waals surface area contributed by atoms with Gasteiger partial charge in [0.2, 0.25) is 0 Å². The van der Waals surface area contributed by atoms with Crippen LogP contribution < -0.4 is 5.73 Å². The number of nitrogens with zero attached hydrogens (tertiary/aromatic N) is 3. The van der Waals surface area contributed by atoms with Crippen LogP contribution in [0.25, 0.3) is 11.1 Å². The lowest BCUT2D eigenvalue weighted by Crippen LogP contribution is -2.53. The van der Waals surface area contributed by atoms with Crippen LogP contribution in [0, 0.1) is 11.8 Å². The molecule has 3 heterocycles. The number of benzene rings is 1. The number of rotatable bonds is 1. The molecule has 1 saturated heterocycles. The Bertz CT molecular complexity index is 1010. The zero-order chi connectivity index (χ0) is 19.5. The number of carbonyl (C=O) groups excluding carboxylic acids is 1. The molecule has 1 aromatic carbocycles. The number of hydrogen-bond donors (Lipinski definition) is 1. The van der Waals surface area contributed by atoms with E-state index >= 15 is 0 Å². The Balaban J connectivity index is 1.73. The van der Waals surface area contributed by atoms with Gasteiger partial charge in [-0.15, -0.1) is 0 Å². The Hall–Kier alpha value is -2.44. The molecule has 1 fully saturated rings. The maximum Gasteiger partial charge on any atom is 0.262 e. The van der Waals surface area contributed by atoms with Gasteiger partial charge in [0.15, 0.2) is 11.5 Å². The molecule has 6 nitrogen and oxygen atoms in total. The molecule has 3 unspecified atom stereocenters. The van der Waals surface area contributed by atoms with E-state index in [0.29, 0.717) is 17.5 Å². The first-order valence-electron chi connectivity index (χ1n) is 9.46. The average Bonchev–Trinajstić information content (AvgIpc) is 2.93. The highest BCUT2D eigenvalue weighted by atomic mass is 35.5.